The van der Waals surface area contributed by atoms with Gasteiger partial charge in [-0.05, 0) is 26.0 Å². The highest BCUT2D eigenvalue weighted by Gasteiger charge is 2.34. The highest BCUT2D eigenvalue weighted by Crippen LogP contribution is 2.14. The molecule has 1 saturated heterocycles. The Hall–Kier alpha value is -1.82. The summed E-state index contributed by atoms with van der Waals surface area (Å²) < 4.78 is 10.3. The fourth-order valence-electron chi connectivity index (χ4n) is 2.09. The molecule has 1 aliphatic heterocycles. The minimum atomic E-state index is -0.591. The van der Waals surface area contributed by atoms with Gasteiger partial charge < -0.3 is 19.4 Å². The Kier molecular flexibility index (Phi) is 4.21. The number of hydrogen-bond donors (Lipinski definition) is 1. The molecule has 1 fully saturated rings. The third-order valence-electron chi connectivity index (χ3n) is 3.01. The van der Waals surface area contributed by atoms with Gasteiger partial charge in [-0.2, -0.15) is 0 Å². The zero-order valence-corrected chi connectivity index (χ0v) is 11.1. The molecule has 0 aliphatic carbocycles. The largest absolute Gasteiger partial charge is 0.464 e. The van der Waals surface area contributed by atoms with Crippen molar-refractivity contribution < 1.29 is 18.7 Å². The lowest BCUT2D eigenvalue weighted by atomic mass is 10.2. The lowest BCUT2D eigenvalue weighted by molar-refractivity contribution is -0.149. The van der Waals surface area contributed by atoms with Crippen molar-refractivity contribution in [2.24, 2.45) is 0 Å². The summed E-state index contributed by atoms with van der Waals surface area (Å²) in [5, 5.41) is 3.09. The maximum absolute atomic E-state index is 12.3. The van der Waals surface area contributed by atoms with Gasteiger partial charge in [0.15, 0.2) is 5.76 Å². The monoisotopic (exact) mass is 266 g/mol. The number of amides is 1. The highest BCUT2D eigenvalue weighted by molar-refractivity contribution is 5.94. The minimum absolute atomic E-state index is 0.258. The minimum Gasteiger partial charge on any atom is -0.464 e. The quantitative estimate of drug-likeness (QED) is 0.810. The molecular formula is C13H18N2O4. The van der Waals surface area contributed by atoms with Gasteiger partial charge in [0.05, 0.1) is 6.61 Å². The molecule has 2 heterocycles. The molecule has 1 amide bonds. The molecule has 1 aliphatic rings. The number of carbonyl (C=O) groups is 2. The standard InChI is InChI=1S/C13H18N2O4/c1-3-18-13(17)10-8-14-6-7-15(10)12(16)11-5-4-9(2)19-11/h4-5,10,14H,3,6-8H2,1-2H3. The number of ether oxygens (including phenoxy) is 1. The SMILES string of the molecule is CCOC(=O)C1CNCCN1C(=O)c1ccc(C)o1. The number of esters is 1. The number of rotatable bonds is 3. The summed E-state index contributed by atoms with van der Waals surface area (Å²) in [5.41, 5.74) is 0. The van der Waals surface area contributed by atoms with E-state index in [-0.39, 0.29) is 17.6 Å². The highest BCUT2D eigenvalue weighted by atomic mass is 16.5. The van der Waals surface area contributed by atoms with E-state index in [0.717, 1.165) is 0 Å². The molecular weight excluding hydrogens is 248 g/mol. The summed E-state index contributed by atoms with van der Waals surface area (Å²) in [5.74, 6) is 0.277. The Morgan fingerprint density at radius 1 is 1.53 bits per heavy atom. The van der Waals surface area contributed by atoms with Gasteiger partial charge >= 0.3 is 5.97 Å². The molecule has 0 spiro atoms. The van der Waals surface area contributed by atoms with Crippen molar-refractivity contribution >= 4 is 11.9 Å². The Morgan fingerprint density at radius 2 is 2.32 bits per heavy atom. The van der Waals surface area contributed by atoms with E-state index in [9.17, 15) is 9.59 Å². The van der Waals surface area contributed by atoms with Crippen molar-refractivity contribution in [3.63, 3.8) is 0 Å². The fourth-order valence-corrected chi connectivity index (χ4v) is 2.09. The number of furan rings is 1. The molecule has 1 atom stereocenters. The molecule has 0 aromatic carbocycles. The van der Waals surface area contributed by atoms with Crippen LogP contribution in [0.5, 0.6) is 0 Å². The van der Waals surface area contributed by atoms with Crippen LogP contribution in [0, 0.1) is 6.92 Å². The first-order chi connectivity index (χ1) is 9.13. The van der Waals surface area contributed by atoms with E-state index in [1.165, 1.54) is 4.90 Å². The fraction of sp³-hybridized carbons (Fsp3) is 0.538. The van der Waals surface area contributed by atoms with Crippen LogP contribution < -0.4 is 5.32 Å². The summed E-state index contributed by atoms with van der Waals surface area (Å²) in [6.45, 7) is 5.35. The first-order valence-corrected chi connectivity index (χ1v) is 6.38. The van der Waals surface area contributed by atoms with Crippen LogP contribution in [-0.4, -0.2) is 49.1 Å². The van der Waals surface area contributed by atoms with Gasteiger partial charge in [-0.25, -0.2) is 4.79 Å². The summed E-state index contributed by atoms with van der Waals surface area (Å²) in [6.07, 6.45) is 0. The Balaban J connectivity index is 2.15. The van der Waals surface area contributed by atoms with Crippen molar-refractivity contribution in [1.82, 2.24) is 10.2 Å². The molecule has 6 heteroatoms. The van der Waals surface area contributed by atoms with Crippen LogP contribution in [-0.2, 0) is 9.53 Å². The van der Waals surface area contributed by atoms with Crippen LogP contribution >= 0.6 is 0 Å². The van der Waals surface area contributed by atoms with Crippen LogP contribution in [0.3, 0.4) is 0 Å². The zero-order chi connectivity index (χ0) is 13.8. The van der Waals surface area contributed by atoms with E-state index in [0.29, 0.717) is 32.0 Å². The second-order valence-corrected chi connectivity index (χ2v) is 4.38. The predicted molar refractivity (Wildman–Crippen MR) is 67.8 cm³/mol. The number of carbonyl (C=O) groups excluding carboxylic acids is 2. The molecule has 0 bridgehead atoms. The first kappa shape index (κ1) is 13.6. The lowest BCUT2D eigenvalue weighted by Gasteiger charge is -2.33. The van der Waals surface area contributed by atoms with Crippen LogP contribution in [0.1, 0.15) is 23.2 Å². The van der Waals surface area contributed by atoms with Gasteiger partial charge in [-0.15, -0.1) is 0 Å². The third-order valence-corrected chi connectivity index (χ3v) is 3.01. The van der Waals surface area contributed by atoms with Crippen molar-refractivity contribution in [2.45, 2.75) is 19.9 Å². The van der Waals surface area contributed by atoms with Gasteiger partial charge in [-0.1, -0.05) is 0 Å². The van der Waals surface area contributed by atoms with Crippen LogP contribution in [0.4, 0.5) is 0 Å². The number of hydrogen-bond acceptors (Lipinski definition) is 5. The van der Waals surface area contributed by atoms with E-state index in [1.54, 1.807) is 26.0 Å². The van der Waals surface area contributed by atoms with E-state index >= 15 is 0 Å². The molecule has 6 nitrogen and oxygen atoms in total. The molecule has 2 rings (SSSR count). The summed E-state index contributed by atoms with van der Waals surface area (Å²) >= 11 is 0. The average Bonchev–Trinajstić information content (AvgIpc) is 2.85. The van der Waals surface area contributed by atoms with Crippen molar-refractivity contribution in [3.05, 3.63) is 23.7 Å². The van der Waals surface area contributed by atoms with E-state index in [2.05, 4.69) is 5.32 Å². The van der Waals surface area contributed by atoms with Crippen molar-refractivity contribution in [3.8, 4) is 0 Å². The molecule has 1 unspecified atom stereocenters. The second kappa shape index (κ2) is 5.88. The van der Waals surface area contributed by atoms with Gasteiger partial charge in [0.1, 0.15) is 11.8 Å². The van der Waals surface area contributed by atoms with Crippen LogP contribution in [0.25, 0.3) is 0 Å². The molecule has 0 saturated carbocycles. The van der Waals surface area contributed by atoms with Crippen LogP contribution in [0.2, 0.25) is 0 Å². The van der Waals surface area contributed by atoms with Gasteiger partial charge in [0.25, 0.3) is 5.91 Å². The molecule has 19 heavy (non-hydrogen) atoms. The smallest absolute Gasteiger partial charge is 0.330 e. The van der Waals surface area contributed by atoms with Crippen LogP contribution in [0.15, 0.2) is 16.5 Å². The average molecular weight is 266 g/mol. The predicted octanol–water partition coefficient (Wildman–Crippen LogP) is 0.565. The topological polar surface area (TPSA) is 71.8 Å². The van der Waals surface area contributed by atoms with Gasteiger partial charge in [0.2, 0.25) is 0 Å². The summed E-state index contributed by atoms with van der Waals surface area (Å²) in [6, 6.07) is 2.77. The molecule has 1 aromatic heterocycles. The molecule has 1 aromatic rings. The number of nitrogens with one attached hydrogen (secondary N) is 1. The van der Waals surface area contributed by atoms with Gasteiger partial charge in [-0.3, -0.25) is 4.79 Å². The number of piperazine rings is 1. The Labute approximate surface area is 111 Å². The number of nitrogens with zero attached hydrogens (tertiary/aromatic N) is 1. The molecule has 1 N–H and O–H groups in total. The van der Waals surface area contributed by atoms with E-state index in [1.807, 2.05) is 0 Å². The third kappa shape index (κ3) is 2.96. The molecule has 104 valence electrons. The molecule has 0 radical (unpaired) electrons. The summed E-state index contributed by atoms with van der Waals surface area (Å²) in [4.78, 5) is 25.7. The lowest BCUT2D eigenvalue weighted by Crippen LogP contribution is -2.57. The second-order valence-electron chi connectivity index (χ2n) is 4.38. The maximum Gasteiger partial charge on any atom is 0.330 e. The van der Waals surface area contributed by atoms with E-state index in [4.69, 9.17) is 9.15 Å². The summed E-state index contributed by atoms with van der Waals surface area (Å²) in [7, 11) is 0. The van der Waals surface area contributed by atoms with Crippen molar-refractivity contribution in [1.29, 1.82) is 0 Å². The van der Waals surface area contributed by atoms with Crippen molar-refractivity contribution in [2.75, 3.05) is 26.2 Å². The maximum atomic E-state index is 12.3. The van der Waals surface area contributed by atoms with E-state index < -0.39 is 6.04 Å². The number of aryl methyl sites for hydroxylation is 1. The Bertz CT molecular complexity index is 469. The van der Waals surface area contributed by atoms with Gasteiger partial charge in [0, 0.05) is 19.6 Å². The first-order valence-electron chi connectivity index (χ1n) is 6.38. The zero-order valence-electron chi connectivity index (χ0n) is 11.1. The Morgan fingerprint density at radius 3 is 2.95 bits per heavy atom. The normalized spacial score (nSPS) is 19.3.